The molecule has 0 saturated heterocycles. The van der Waals surface area contributed by atoms with Gasteiger partial charge in [-0.3, -0.25) is 4.79 Å². The second-order valence-corrected chi connectivity index (χ2v) is 4.74. The summed E-state index contributed by atoms with van der Waals surface area (Å²) < 4.78 is 0. The van der Waals surface area contributed by atoms with Crippen LogP contribution < -0.4 is 10.6 Å². The van der Waals surface area contributed by atoms with Crippen LogP contribution in [-0.4, -0.2) is 10.9 Å². The van der Waals surface area contributed by atoms with Crippen molar-refractivity contribution in [2.45, 2.75) is 20.3 Å². The molecule has 0 aliphatic heterocycles. The highest BCUT2D eigenvalue weighted by molar-refractivity contribution is 7.13. The number of nitrogens with zero attached hydrogens (tertiary/aromatic N) is 1. The molecule has 1 aromatic heterocycles. The Morgan fingerprint density at radius 1 is 1.39 bits per heavy atom. The van der Waals surface area contributed by atoms with Crippen molar-refractivity contribution in [2.75, 3.05) is 10.6 Å². The molecule has 0 fully saturated rings. The van der Waals surface area contributed by atoms with Crippen molar-refractivity contribution in [2.24, 2.45) is 0 Å². The fraction of sp³-hybridized carbons (Fsp3) is 0.231. The maximum atomic E-state index is 11.0. The molecule has 0 aliphatic carbocycles. The normalized spacial score (nSPS) is 10.1. The Kier molecular flexibility index (Phi) is 3.94. The summed E-state index contributed by atoms with van der Waals surface area (Å²) in [4.78, 5) is 15.4. The summed E-state index contributed by atoms with van der Waals surface area (Å²) >= 11 is 1.58. The Balaban J connectivity index is 2.11. The van der Waals surface area contributed by atoms with Gasteiger partial charge >= 0.3 is 0 Å². The number of rotatable bonds is 4. The van der Waals surface area contributed by atoms with Gasteiger partial charge in [0.2, 0.25) is 5.91 Å². The Morgan fingerprint density at radius 2 is 2.17 bits per heavy atom. The van der Waals surface area contributed by atoms with Gasteiger partial charge in [0.25, 0.3) is 0 Å². The fourth-order valence-electron chi connectivity index (χ4n) is 1.53. The predicted octanol–water partition coefficient (Wildman–Crippen LogP) is 3.41. The van der Waals surface area contributed by atoms with Crippen LogP contribution in [0.15, 0.2) is 29.6 Å². The standard InChI is InChI=1S/C13H15N3OS/c1-3-10-8-18-13(15-10)16-12-6-4-5-11(7-12)14-9(2)17/h4-8H,3H2,1-2H3,(H,14,17)(H,15,16). The molecule has 0 spiro atoms. The lowest BCUT2D eigenvalue weighted by molar-refractivity contribution is -0.114. The van der Waals surface area contributed by atoms with E-state index >= 15 is 0 Å². The Hall–Kier alpha value is -1.88. The van der Waals surface area contributed by atoms with Gasteiger partial charge in [0.1, 0.15) is 0 Å². The second kappa shape index (κ2) is 5.64. The number of anilines is 3. The molecule has 18 heavy (non-hydrogen) atoms. The second-order valence-electron chi connectivity index (χ2n) is 3.88. The number of nitrogens with one attached hydrogen (secondary N) is 2. The van der Waals surface area contributed by atoms with E-state index in [4.69, 9.17) is 0 Å². The summed E-state index contributed by atoms with van der Waals surface area (Å²) in [6.45, 7) is 3.57. The number of hydrogen-bond donors (Lipinski definition) is 2. The van der Waals surface area contributed by atoms with Crippen molar-refractivity contribution < 1.29 is 4.79 Å². The summed E-state index contributed by atoms with van der Waals surface area (Å²) in [5, 5.41) is 8.89. The zero-order valence-electron chi connectivity index (χ0n) is 10.4. The molecule has 0 radical (unpaired) electrons. The largest absolute Gasteiger partial charge is 0.331 e. The highest BCUT2D eigenvalue weighted by atomic mass is 32.1. The smallest absolute Gasteiger partial charge is 0.221 e. The number of thiazole rings is 1. The number of aromatic nitrogens is 1. The molecule has 4 nitrogen and oxygen atoms in total. The molecule has 2 N–H and O–H groups in total. The van der Waals surface area contributed by atoms with Crippen molar-refractivity contribution in [3.8, 4) is 0 Å². The molecule has 1 amide bonds. The van der Waals surface area contributed by atoms with E-state index in [1.807, 2.05) is 29.6 Å². The first-order chi connectivity index (χ1) is 8.67. The van der Waals surface area contributed by atoms with Gasteiger partial charge in [0, 0.05) is 23.7 Å². The van der Waals surface area contributed by atoms with E-state index in [0.29, 0.717) is 0 Å². The molecule has 0 unspecified atom stereocenters. The van der Waals surface area contributed by atoms with Crippen LogP contribution in [0.25, 0.3) is 0 Å². The van der Waals surface area contributed by atoms with Crippen molar-refractivity contribution in [3.05, 3.63) is 35.3 Å². The van der Waals surface area contributed by atoms with Crippen LogP contribution in [0.2, 0.25) is 0 Å². The average Bonchev–Trinajstić information content (AvgIpc) is 2.76. The number of carbonyl (C=O) groups is 1. The predicted molar refractivity (Wildman–Crippen MR) is 75.5 cm³/mol. The van der Waals surface area contributed by atoms with Gasteiger partial charge in [-0.25, -0.2) is 4.98 Å². The molecule has 2 aromatic rings. The lowest BCUT2D eigenvalue weighted by Gasteiger charge is -2.06. The minimum Gasteiger partial charge on any atom is -0.331 e. The third kappa shape index (κ3) is 3.30. The zero-order chi connectivity index (χ0) is 13.0. The summed E-state index contributed by atoms with van der Waals surface area (Å²) in [5.74, 6) is -0.0744. The van der Waals surface area contributed by atoms with Crippen LogP contribution in [0.5, 0.6) is 0 Å². The van der Waals surface area contributed by atoms with Gasteiger partial charge in [-0.05, 0) is 24.6 Å². The first-order valence-corrected chi connectivity index (χ1v) is 6.64. The molecule has 1 heterocycles. The average molecular weight is 261 g/mol. The van der Waals surface area contributed by atoms with E-state index in [-0.39, 0.29) is 5.91 Å². The van der Waals surface area contributed by atoms with E-state index in [0.717, 1.165) is 28.6 Å². The zero-order valence-corrected chi connectivity index (χ0v) is 11.2. The third-order valence-electron chi connectivity index (χ3n) is 2.35. The summed E-state index contributed by atoms with van der Waals surface area (Å²) in [6, 6.07) is 7.57. The van der Waals surface area contributed by atoms with Gasteiger partial charge in [0.15, 0.2) is 5.13 Å². The van der Waals surface area contributed by atoms with E-state index in [1.54, 1.807) is 11.3 Å². The molecule has 2 rings (SSSR count). The molecule has 1 aromatic carbocycles. The van der Waals surface area contributed by atoms with Crippen LogP contribution in [0.4, 0.5) is 16.5 Å². The number of aryl methyl sites for hydroxylation is 1. The van der Waals surface area contributed by atoms with Crippen LogP contribution in [0, 0.1) is 0 Å². The van der Waals surface area contributed by atoms with Crippen molar-refractivity contribution in [3.63, 3.8) is 0 Å². The molecule has 0 atom stereocenters. The first-order valence-electron chi connectivity index (χ1n) is 5.76. The Bertz CT molecular complexity index is 551. The van der Waals surface area contributed by atoms with E-state index < -0.39 is 0 Å². The van der Waals surface area contributed by atoms with Gasteiger partial charge in [-0.1, -0.05) is 13.0 Å². The quantitative estimate of drug-likeness (QED) is 0.886. The van der Waals surface area contributed by atoms with Crippen molar-refractivity contribution >= 4 is 33.8 Å². The maximum Gasteiger partial charge on any atom is 0.221 e. The third-order valence-corrected chi connectivity index (χ3v) is 3.15. The molecular weight excluding hydrogens is 246 g/mol. The maximum absolute atomic E-state index is 11.0. The van der Waals surface area contributed by atoms with Gasteiger partial charge in [0.05, 0.1) is 5.69 Å². The molecule has 0 aliphatic rings. The van der Waals surface area contributed by atoms with Crippen molar-refractivity contribution in [1.29, 1.82) is 0 Å². The Morgan fingerprint density at radius 3 is 2.83 bits per heavy atom. The van der Waals surface area contributed by atoms with E-state index in [2.05, 4.69) is 22.5 Å². The van der Waals surface area contributed by atoms with Crippen LogP contribution in [-0.2, 0) is 11.2 Å². The number of amides is 1. The highest BCUT2D eigenvalue weighted by Gasteiger charge is 2.02. The molecule has 94 valence electrons. The molecular formula is C13H15N3OS. The van der Waals surface area contributed by atoms with E-state index in [9.17, 15) is 4.79 Å². The minimum absolute atomic E-state index is 0.0744. The van der Waals surface area contributed by atoms with Crippen molar-refractivity contribution in [1.82, 2.24) is 4.98 Å². The molecule has 0 bridgehead atoms. The SMILES string of the molecule is CCc1csc(Nc2cccc(NC(C)=O)c2)n1. The number of carbonyl (C=O) groups excluding carboxylic acids is 1. The topological polar surface area (TPSA) is 54.0 Å². The summed E-state index contributed by atoms with van der Waals surface area (Å²) in [5.41, 5.74) is 2.78. The number of hydrogen-bond acceptors (Lipinski definition) is 4. The lowest BCUT2D eigenvalue weighted by atomic mass is 10.3. The van der Waals surface area contributed by atoms with Crippen LogP contribution in [0.3, 0.4) is 0 Å². The highest BCUT2D eigenvalue weighted by Crippen LogP contribution is 2.23. The van der Waals surface area contributed by atoms with Gasteiger partial charge in [-0.2, -0.15) is 0 Å². The molecule has 5 heteroatoms. The lowest BCUT2D eigenvalue weighted by Crippen LogP contribution is -2.05. The van der Waals surface area contributed by atoms with Gasteiger partial charge in [-0.15, -0.1) is 11.3 Å². The Labute approximate surface area is 110 Å². The summed E-state index contributed by atoms with van der Waals surface area (Å²) in [6.07, 6.45) is 0.935. The number of benzene rings is 1. The van der Waals surface area contributed by atoms with Gasteiger partial charge < -0.3 is 10.6 Å². The van der Waals surface area contributed by atoms with Crippen LogP contribution in [0.1, 0.15) is 19.5 Å². The first kappa shape index (κ1) is 12.6. The summed E-state index contributed by atoms with van der Waals surface area (Å²) in [7, 11) is 0. The van der Waals surface area contributed by atoms with E-state index in [1.165, 1.54) is 6.92 Å². The fourth-order valence-corrected chi connectivity index (χ4v) is 2.34. The minimum atomic E-state index is -0.0744. The monoisotopic (exact) mass is 261 g/mol. The molecule has 0 saturated carbocycles. The van der Waals surface area contributed by atoms with Crippen LogP contribution >= 0.6 is 11.3 Å².